The van der Waals surface area contributed by atoms with Crippen LogP contribution in [0.2, 0.25) is 0 Å². The Bertz CT molecular complexity index is 563. The predicted octanol–water partition coefficient (Wildman–Crippen LogP) is 2.04. The number of carbonyl (C=O) groups excluding carboxylic acids is 1. The number of aliphatic carboxylic acids is 1. The van der Waals surface area contributed by atoms with E-state index in [-0.39, 0.29) is 31.8 Å². The number of likely N-dealkylation sites (tertiary alicyclic amines) is 1. The van der Waals surface area contributed by atoms with Crippen LogP contribution in [0.4, 0.5) is 4.39 Å². The predicted molar refractivity (Wildman–Crippen MR) is 78.6 cm³/mol. The summed E-state index contributed by atoms with van der Waals surface area (Å²) in [6.45, 7) is 2.36. The molecule has 1 aliphatic rings. The van der Waals surface area contributed by atoms with Crippen LogP contribution >= 0.6 is 0 Å². The van der Waals surface area contributed by atoms with Gasteiger partial charge >= 0.3 is 5.97 Å². The lowest BCUT2D eigenvalue weighted by Crippen LogP contribution is -2.39. The standard InChI is InChI=1S/C16H20FNO4/c1-2-8-22-13-5-3-4-12(9-13)10-14(19)18-7-6-16(17,11-18)15(20)21/h3-5,9H,2,6-8,10-11H2,1H3,(H,20,21). The number of amides is 1. The van der Waals surface area contributed by atoms with Crippen molar-refractivity contribution in [2.75, 3.05) is 19.7 Å². The third-order valence-corrected chi connectivity index (χ3v) is 3.68. The SMILES string of the molecule is CCCOc1cccc(CC(=O)N2CCC(F)(C(=O)O)C2)c1. The molecule has 1 aromatic rings. The Morgan fingerprint density at radius 1 is 1.45 bits per heavy atom. The van der Waals surface area contributed by atoms with Crippen molar-refractivity contribution in [2.45, 2.75) is 31.9 Å². The first-order valence-corrected chi connectivity index (χ1v) is 7.36. The second-order valence-corrected chi connectivity index (χ2v) is 5.51. The van der Waals surface area contributed by atoms with Gasteiger partial charge in [0.1, 0.15) is 5.75 Å². The number of carboxylic acids is 1. The average molecular weight is 309 g/mol. The molecule has 5 nitrogen and oxygen atoms in total. The van der Waals surface area contributed by atoms with Crippen molar-refractivity contribution < 1.29 is 23.8 Å². The van der Waals surface area contributed by atoms with Gasteiger partial charge in [0, 0.05) is 13.0 Å². The maximum atomic E-state index is 14.0. The van der Waals surface area contributed by atoms with E-state index in [0.29, 0.717) is 12.4 Å². The van der Waals surface area contributed by atoms with Gasteiger partial charge < -0.3 is 14.7 Å². The quantitative estimate of drug-likeness (QED) is 0.873. The van der Waals surface area contributed by atoms with Crippen molar-refractivity contribution in [2.24, 2.45) is 0 Å². The smallest absolute Gasteiger partial charge is 0.343 e. The van der Waals surface area contributed by atoms with Gasteiger partial charge in [-0.1, -0.05) is 19.1 Å². The number of benzene rings is 1. The second kappa shape index (κ2) is 6.77. The number of halogens is 1. The highest BCUT2D eigenvalue weighted by molar-refractivity contribution is 5.83. The molecule has 1 amide bonds. The molecule has 1 atom stereocenters. The Hall–Kier alpha value is -2.11. The van der Waals surface area contributed by atoms with E-state index in [1.54, 1.807) is 18.2 Å². The van der Waals surface area contributed by atoms with E-state index in [2.05, 4.69) is 0 Å². The number of ether oxygens (including phenoxy) is 1. The van der Waals surface area contributed by atoms with Crippen molar-refractivity contribution in [3.8, 4) is 5.75 Å². The number of alkyl halides is 1. The van der Waals surface area contributed by atoms with Crippen LogP contribution in [0.1, 0.15) is 25.3 Å². The monoisotopic (exact) mass is 309 g/mol. The molecule has 1 unspecified atom stereocenters. The van der Waals surface area contributed by atoms with Gasteiger partial charge in [0.25, 0.3) is 0 Å². The number of carboxylic acid groups (broad SMARTS) is 1. The summed E-state index contributed by atoms with van der Waals surface area (Å²) in [7, 11) is 0. The zero-order valence-electron chi connectivity index (χ0n) is 12.5. The van der Waals surface area contributed by atoms with Gasteiger partial charge in [-0.2, -0.15) is 0 Å². The van der Waals surface area contributed by atoms with Gasteiger partial charge in [0.2, 0.25) is 11.6 Å². The number of hydrogen-bond donors (Lipinski definition) is 1. The Morgan fingerprint density at radius 3 is 2.86 bits per heavy atom. The van der Waals surface area contributed by atoms with Crippen molar-refractivity contribution in [1.82, 2.24) is 4.90 Å². The molecule has 1 aliphatic heterocycles. The first-order chi connectivity index (χ1) is 10.4. The molecule has 0 aromatic heterocycles. The molecule has 2 rings (SSSR count). The largest absolute Gasteiger partial charge is 0.494 e. The Morgan fingerprint density at radius 2 is 2.23 bits per heavy atom. The summed E-state index contributed by atoms with van der Waals surface area (Å²) in [6, 6.07) is 7.20. The summed E-state index contributed by atoms with van der Waals surface area (Å²) in [5.74, 6) is -1.08. The minimum absolute atomic E-state index is 0.110. The number of hydrogen-bond acceptors (Lipinski definition) is 3. The Balaban J connectivity index is 1.96. The molecule has 1 heterocycles. The Labute approximate surface area is 128 Å². The van der Waals surface area contributed by atoms with Crippen LogP contribution in [0.25, 0.3) is 0 Å². The van der Waals surface area contributed by atoms with E-state index in [0.717, 1.165) is 12.0 Å². The minimum Gasteiger partial charge on any atom is -0.494 e. The molecular formula is C16H20FNO4. The fourth-order valence-corrected chi connectivity index (χ4v) is 2.41. The maximum absolute atomic E-state index is 14.0. The number of rotatable bonds is 6. The van der Waals surface area contributed by atoms with Crippen LogP contribution in [-0.4, -0.2) is 47.2 Å². The zero-order valence-corrected chi connectivity index (χ0v) is 12.5. The topological polar surface area (TPSA) is 66.8 Å². The lowest BCUT2D eigenvalue weighted by atomic mass is 10.1. The molecule has 0 saturated carbocycles. The molecule has 22 heavy (non-hydrogen) atoms. The van der Waals surface area contributed by atoms with Crippen LogP contribution < -0.4 is 4.74 Å². The van der Waals surface area contributed by atoms with Gasteiger partial charge in [-0.3, -0.25) is 4.79 Å². The van der Waals surface area contributed by atoms with Gasteiger partial charge in [0.15, 0.2) is 0 Å². The first kappa shape index (κ1) is 16.3. The third-order valence-electron chi connectivity index (χ3n) is 3.68. The van der Waals surface area contributed by atoms with E-state index < -0.39 is 11.6 Å². The first-order valence-electron chi connectivity index (χ1n) is 7.36. The second-order valence-electron chi connectivity index (χ2n) is 5.51. The van der Waals surface area contributed by atoms with E-state index in [4.69, 9.17) is 9.84 Å². The third kappa shape index (κ3) is 3.75. The minimum atomic E-state index is -2.32. The maximum Gasteiger partial charge on any atom is 0.343 e. The fraction of sp³-hybridized carbons (Fsp3) is 0.500. The lowest BCUT2D eigenvalue weighted by molar-refractivity contribution is -0.150. The molecule has 0 spiro atoms. The highest BCUT2D eigenvalue weighted by atomic mass is 19.1. The highest BCUT2D eigenvalue weighted by Gasteiger charge is 2.46. The normalized spacial score (nSPS) is 20.9. The fourth-order valence-electron chi connectivity index (χ4n) is 2.41. The molecule has 1 aromatic carbocycles. The molecule has 1 fully saturated rings. The van der Waals surface area contributed by atoms with Crippen molar-refractivity contribution in [3.05, 3.63) is 29.8 Å². The van der Waals surface area contributed by atoms with Crippen molar-refractivity contribution in [3.63, 3.8) is 0 Å². The number of carbonyl (C=O) groups is 2. The van der Waals surface area contributed by atoms with Crippen molar-refractivity contribution >= 4 is 11.9 Å². The summed E-state index contributed by atoms with van der Waals surface area (Å²) < 4.78 is 19.5. The van der Waals surface area contributed by atoms with Gasteiger partial charge in [-0.05, 0) is 24.1 Å². The van der Waals surface area contributed by atoms with Gasteiger partial charge in [-0.15, -0.1) is 0 Å². The van der Waals surface area contributed by atoms with Gasteiger partial charge in [-0.25, -0.2) is 9.18 Å². The van der Waals surface area contributed by atoms with E-state index in [9.17, 15) is 14.0 Å². The molecule has 1 N–H and O–H groups in total. The molecule has 0 bridgehead atoms. The summed E-state index contributed by atoms with van der Waals surface area (Å²) in [5.41, 5.74) is -1.55. The van der Waals surface area contributed by atoms with Crippen LogP contribution in [-0.2, 0) is 16.0 Å². The van der Waals surface area contributed by atoms with E-state index in [1.807, 2.05) is 13.0 Å². The van der Waals surface area contributed by atoms with Crippen molar-refractivity contribution in [1.29, 1.82) is 0 Å². The van der Waals surface area contributed by atoms with E-state index >= 15 is 0 Å². The molecule has 0 radical (unpaired) electrons. The summed E-state index contributed by atoms with van der Waals surface area (Å²) in [6.07, 6.45) is 0.845. The average Bonchev–Trinajstić information content (AvgIpc) is 2.90. The molecular weight excluding hydrogens is 289 g/mol. The lowest BCUT2D eigenvalue weighted by Gasteiger charge is -2.18. The molecule has 0 aliphatic carbocycles. The van der Waals surface area contributed by atoms with Crippen LogP contribution in [0, 0.1) is 0 Å². The van der Waals surface area contributed by atoms with E-state index in [1.165, 1.54) is 4.90 Å². The highest BCUT2D eigenvalue weighted by Crippen LogP contribution is 2.26. The van der Waals surface area contributed by atoms with Crippen LogP contribution in [0.3, 0.4) is 0 Å². The van der Waals surface area contributed by atoms with Crippen LogP contribution in [0.15, 0.2) is 24.3 Å². The van der Waals surface area contributed by atoms with Gasteiger partial charge in [0.05, 0.1) is 19.6 Å². The Kier molecular flexibility index (Phi) is 5.00. The molecule has 6 heteroatoms. The zero-order chi connectivity index (χ0) is 16.2. The summed E-state index contributed by atoms with van der Waals surface area (Å²) >= 11 is 0. The molecule has 1 saturated heterocycles. The van der Waals surface area contributed by atoms with Crippen LogP contribution in [0.5, 0.6) is 5.75 Å². The summed E-state index contributed by atoms with van der Waals surface area (Å²) in [4.78, 5) is 24.3. The molecule has 120 valence electrons. The number of nitrogens with zero attached hydrogens (tertiary/aromatic N) is 1. The summed E-state index contributed by atoms with van der Waals surface area (Å²) in [5, 5.41) is 8.85.